The third-order valence-corrected chi connectivity index (χ3v) is 4.03. The van der Waals surface area contributed by atoms with Crippen molar-refractivity contribution in [2.24, 2.45) is 11.7 Å². The summed E-state index contributed by atoms with van der Waals surface area (Å²) in [7, 11) is 1.54. The molecular formula is C12H17BrClNO2. The molecule has 1 saturated carbocycles. The first-order valence-electron chi connectivity index (χ1n) is 5.46. The summed E-state index contributed by atoms with van der Waals surface area (Å²) in [6.45, 7) is 0. The third-order valence-electron chi connectivity index (χ3n) is 3.34. The van der Waals surface area contributed by atoms with Crippen molar-refractivity contribution in [2.45, 2.75) is 25.3 Å². The van der Waals surface area contributed by atoms with Crippen LogP contribution in [-0.2, 0) is 0 Å². The summed E-state index contributed by atoms with van der Waals surface area (Å²) in [6, 6.07) is 3.49. The molecule has 0 unspecified atom stereocenters. The van der Waals surface area contributed by atoms with Crippen molar-refractivity contribution in [1.82, 2.24) is 0 Å². The van der Waals surface area contributed by atoms with Crippen molar-refractivity contribution in [3.05, 3.63) is 22.2 Å². The standard InChI is InChI=1S/C12H16BrNO2.ClH/c1-16-9-6-5-8(13)10(12(9)15)11(14)7-3-2-4-7;/h5-7,11,15H,2-4,14H2,1H3;1H/t11-;/m1./s1. The van der Waals surface area contributed by atoms with Gasteiger partial charge >= 0.3 is 0 Å². The van der Waals surface area contributed by atoms with Crippen LogP contribution >= 0.6 is 28.3 Å². The highest BCUT2D eigenvalue weighted by Gasteiger charge is 2.29. The minimum Gasteiger partial charge on any atom is -0.504 e. The summed E-state index contributed by atoms with van der Waals surface area (Å²) in [5.41, 5.74) is 6.95. The lowest BCUT2D eigenvalue weighted by Gasteiger charge is -2.32. The van der Waals surface area contributed by atoms with Gasteiger partial charge < -0.3 is 15.6 Å². The quantitative estimate of drug-likeness (QED) is 0.897. The van der Waals surface area contributed by atoms with E-state index in [0.29, 0.717) is 11.7 Å². The van der Waals surface area contributed by atoms with E-state index < -0.39 is 0 Å². The molecule has 0 saturated heterocycles. The molecule has 0 amide bonds. The van der Waals surface area contributed by atoms with Crippen molar-refractivity contribution >= 4 is 28.3 Å². The van der Waals surface area contributed by atoms with Crippen LogP contribution in [0.2, 0.25) is 0 Å². The van der Waals surface area contributed by atoms with Gasteiger partial charge in [-0.05, 0) is 30.9 Å². The first kappa shape index (κ1) is 14.6. The number of phenolic OH excluding ortho intramolecular Hbond substituents is 1. The molecule has 1 aromatic rings. The second kappa shape index (κ2) is 5.94. The summed E-state index contributed by atoms with van der Waals surface area (Å²) >= 11 is 3.44. The highest BCUT2D eigenvalue weighted by Crippen LogP contribution is 2.44. The molecule has 0 aromatic heterocycles. The van der Waals surface area contributed by atoms with Crippen LogP contribution in [0.4, 0.5) is 0 Å². The van der Waals surface area contributed by atoms with Crippen LogP contribution in [0.15, 0.2) is 16.6 Å². The second-order valence-electron chi connectivity index (χ2n) is 4.23. The van der Waals surface area contributed by atoms with Crippen LogP contribution in [0.3, 0.4) is 0 Å². The zero-order valence-corrected chi connectivity index (χ0v) is 12.1. The van der Waals surface area contributed by atoms with E-state index in [0.717, 1.165) is 22.9 Å². The molecule has 1 aliphatic rings. The number of benzene rings is 1. The van der Waals surface area contributed by atoms with E-state index in [9.17, 15) is 5.11 Å². The second-order valence-corrected chi connectivity index (χ2v) is 5.08. The Hall–Kier alpha value is -0.450. The van der Waals surface area contributed by atoms with Gasteiger partial charge in [0.25, 0.3) is 0 Å². The Balaban J connectivity index is 0.00000144. The van der Waals surface area contributed by atoms with E-state index in [1.165, 1.54) is 6.42 Å². The predicted octanol–water partition coefficient (Wildman–Crippen LogP) is 3.39. The minimum absolute atomic E-state index is 0. The fraction of sp³-hybridized carbons (Fsp3) is 0.500. The average molecular weight is 323 g/mol. The van der Waals surface area contributed by atoms with Gasteiger partial charge in [-0.2, -0.15) is 0 Å². The number of ether oxygens (including phenoxy) is 1. The SMILES string of the molecule is COc1ccc(Br)c([C@H](N)C2CCC2)c1O.Cl. The fourth-order valence-corrected chi connectivity index (χ4v) is 2.66. The molecule has 2 rings (SSSR count). The zero-order valence-electron chi connectivity index (χ0n) is 9.65. The maximum absolute atomic E-state index is 10.1. The summed E-state index contributed by atoms with van der Waals surface area (Å²) in [5, 5.41) is 10.1. The Labute approximate surface area is 116 Å². The minimum atomic E-state index is -0.113. The van der Waals surface area contributed by atoms with Gasteiger partial charge in [0.15, 0.2) is 11.5 Å². The van der Waals surface area contributed by atoms with E-state index in [1.807, 2.05) is 6.07 Å². The van der Waals surface area contributed by atoms with Crippen LogP contribution in [0.25, 0.3) is 0 Å². The van der Waals surface area contributed by atoms with E-state index in [2.05, 4.69) is 15.9 Å². The van der Waals surface area contributed by atoms with Gasteiger partial charge in [-0.1, -0.05) is 22.4 Å². The summed E-state index contributed by atoms with van der Waals surface area (Å²) < 4.78 is 5.95. The molecule has 5 heteroatoms. The highest BCUT2D eigenvalue weighted by molar-refractivity contribution is 9.10. The molecule has 0 bridgehead atoms. The molecule has 0 aliphatic heterocycles. The highest BCUT2D eigenvalue weighted by atomic mass is 79.9. The molecule has 1 aliphatic carbocycles. The summed E-state index contributed by atoms with van der Waals surface area (Å²) in [5.74, 6) is 1.12. The van der Waals surface area contributed by atoms with Crippen LogP contribution in [0.1, 0.15) is 30.9 Å². The molecule has 1 atom stereocenters. The molecule has 3 N–H and O–H groups in total. The Morgan fingerprint density at radius 2 is 2.12 bits per heavy atom. The maximum atomic E-state index is 10.1. The topological polar surface area (TPSA) is 55.5 Å². The largest absolute Gasteiger partial charge is 0.504 e. The van der Waals surface area contributed by atoms with Crippen molar-refractivity contribution in [2.75, 3.05) is 7.11 Å². The van der Waals surface area contributed by atoms with E-state index in [1.54, 1.807) is 13.2 Å². The predicted molar refractivity (Wildman–Crippen MR) is 73.9 cm³/mol. The van der Waals surface area contributed by atoms with Crippen molar-refractivity contribution in [1.29, 1.82) is 0 Å². The van der Waals surface area contributed by atoms with Crippen molar-refractivity contribution in [3.8, 4) is 11.5 Å². The summed E-state index contributed by atoms with van der Waals surface area (Å²) in [6.07, 6.45) is 3.52. The Morgan fingerprint density at radius 3 is 2.59 bits per heavy atom. The maximum Gasteiger partial charge on any atom is 0.163 e. The van der Waals surface area contributed by atoms with Gasteiger partial charge in [0.2, 0.25) is 0 Å². The number of aromatic hydroxyl groups is 1. The monoisotopic (exact) mass is 321 g/mol. The molecule has 0 radical (unpaired) electrons. The van der Waals surface area contributed by atoms with Gasteiger partial charge in [-0.3, -0.25) is 0 Å². The lowest BCUT2D eigenvalue weighted by molar-refractivity contribution is 0.258. The molecule has 1 aromatic carbocycles. The average Bonchev–Trinajstić information content (AvgIpc) is 2.15. The number of phenols is 1. The van der Waals surface area contributed by atoms with Gasteiger partial charge in [-0.25, -0.2) is 0 Å². The van der Waals surface area contributed by atoms with Gasteiger partial charge in [0.1, 0.15) is 0 Å². The number of hydrogen-bond acceptors (Lipinski definition) is 3. The summed E-state index contributed by atoms with van der Waals surface area (Å²) in [4.78, 5) is 0. The van der Waals surface area contributed by atoms with Crippen LogP contribution in [-0.4, -0.2) is 12.2 Å². The number of nitrogens with two attached hydrogens (primary N) is 1. The third kappa shape index (κ3) is 2.69. The Morgan fingerprint density at radius 1 is 1.47 bits per heavy atom. The molecule has 0 heterocycles. The number of hydrogen-bond donors (Lipinski definition) is 2. The number of rotatable bonds is 3. The lowest BCUT2D eigenvalue weighted by atomic mass is 9.77. The number of halogens is 2. The molecule has 1 fully saturated rings. The van der Waals surface area contributed by atoms with Crippen LogP contribution < -0.4 is 10.5 Å². The Kier molecular flexibility index (Phi) is 5.10. The number of methoxy groups -OCH3 is 1. The first-order valence-corrected chi connectivity index (χ1v) is 6.25. The van der Waals surface area contributed by atoms with E-state index in [4.69, 9.17) is 10.5 Å². The molecule has 17 heavy (non-hydrogen) atoms. The molecule has 0 spiro atoms. The normalized spacial score (nSPS) is 16.9. The molecule has 96 valence electrons. The lowest BCUT2D eigenvalue weighted by Crippen LogP contribution is -2.27. The first-order chi connectivity index (χ1) is 7.65. The molecular weight excluding hydrogens is 305 g/mol. The molecule has 3 nitrogen and oxygen atoms in total. The zero-order chi connectivity index (χ0) is 11.7. The van der Waals surface area contributed by atoms with Crippen molar-refractivity contribution < 1.29 is 9.84 Å². The van der Waals surface area contributed by atoms with Crippen molar-refractivity contribution in [3.63, 3.8) is 0 Å². The van der Waals surface area contributed by atoms with Crippen LogP contribution in [0.5, 0.6) is 11.5 Å². The smallest absolute Gasteiger partial charge is 0.163 e. The Bertz CT molecular complexity index is 396. The van der Waals surface area contributed by atoms with E-state index in [-0.39, 0.29) is 24.2 Å². The fourth-order valence-electron chi connectivity index (χ4n) is 2.08. The van der Waals surface area contributed by atoms with Gasteiger partial charge in [-0.15, -0.1) is 12.4 Å². The van der Waals surface area contributed by atoms with Crippen LogP contribution in [0, 0.1) is 5.92 Å². The van der Waals surface area contributed by atoms with E-state index >= 15 is 0 Å². The van der Waals surface area contributed by atoms with Gasteiger partial charge in [0.05, 0.1) is 7.11 Å². The van der Waals surface area contributed by atoms with Gasteiger partial charge in [0, 0.05) is 16.1 Å².